The highest BCUT2D eigenvalue weighted by molar-refractivity contribution is 5.16. The van der Waals surface area contributed by atoms with Crippen LogP contribution in [0.1, 0.15) is 31.4 Å². The number of rotatable bonds is 4. The minimum atomic E-state index is -0.296. The summed E-state index contributed by atoms with van der Waals surface area (Å²) >= 11 is 0. The number of hydrogen-bond acceptors (Lipinski definition) is 4. The molecule has 0 saturated carbocycles. The van der Waals surface area contributed by atoms with Crippen LogP contribution in [0.4, 0.5) is 0 Å². The largest absolute Gasteiger partial charge is 0.381 e. The van der Waals surface area contributed by atoms with Crippen LogP contribution in [0.2, 0.25) is 0 Å². The lowest BCUT2D eigenvalue weighted by molar-refractivity contribution is -0.121. The molecule has 0 amide bonds. The van der Waals surface area contributed by atoms with E-state index in [9.17, 15) is 0 Å². The van der Waals surface area contributed by atoms with Crippen molar-refractivity contribution < 1.29 is 9.47 Å². The van der Waals surface area contributed by atoms with Crippen LogP contribution in [0.3, 0.4) is 0 Å². The number of nitrogens with two attached hydrogens (primary N) is 1. The summed E-state index contributed by atoms with van der Waals surface area (Å²) in [6, 6.07) is -0.139. The molecule has 2 N–H and O–H groups in total. The molecule has 17 heavy (non-hydrogen) atoms. The molecule has 0 aliphatic carbocycles. The highest BCUT2D eigenvalue weighted by Crippen LogP contribution is 2.35. The third-order valence-corrected chi connectivity index (χ3v) is 3.42. The maximum absolute atomic E-state index is 6.37. The van der Waals surface area contributed by atoms with E-state index in [2.05, 4.69) is 5.10 Å². The van der Waals surface area contributed by atoms with Gasteiger partial charge in [0.05, 0.1) is 17.8 Å². The number of aryl methyl sites for hydroxylation is 1. The van der Waals surface area contributed by atoms with Crippen molar-refractivity contribution in [2.45, 2.75) is 31.4 Å². The Morgan fingerprint density at radius 2 is 2.29 bits per heavy atom. The Morgan fingerprint density at radius 3 is 2.82 bits per heavy atom. The molecule has 0 radical (unpaired) electrons. The smallest absolute Gasteiger partial charge is 0.0918 e. The van der Waals surface area contributed by atoms with Gasteiger partial charge >= 0.3 is 0 Å². The number of nitrogens with zero attached hydrogens (tertiary/aromatic N) is 2. The summed E-state index contributed by atoms with van der Waals surface area (Å²) in [7, 11) is 1.90. The molecule has 1 saturated heterocycles. The summed E-state index contributed by atoms with van der Waals surface area (Å²) in [6.45, 7) is 4.11. The molecule has 96 valence electrons. The zero-order chi connectivity index (χ0) is 12.3. The van der Waals surface area contributed by atoms with Crippen molar-refractivity contribution in [3.63, 3.8) is 0 Å². The second-order valence-corrected chi connectivity index (χ2v) is 4.54. The maximum atomic E-state index is 6.37. The van der Waals surface area contributed by atoms with Crippen LogP contribution in [0.25, 0.3) is 0 Å². The Labute approximate surface area is 102 Å². The summed E-state index contributed by atoms with van der Waals surface area (Å²) in [5, 5.41) is 4.17. The predicted molar refractivity (Wildman–Crippen MR) is 64.5 cm³/mol. The van der Waals surface area contributed by atoms with E-state index in [4.69, 9.17) is 15.2 Å². The maximum Gasteiger partial charge on any atom is 0.0918 e. The Kier molecular flexibility index (Phi) is 3.81. The van der Waals surface area contributed by atoms with E-state index in [1.54, 1.807) is 4.68 Å². The first-order valence-electron chi connectivity index (χ1n) is 6.14. The monoisotopic (exact) mass is 239 g/mol. The minimum absolute atomic E-state index is 0.139. The first kappa shape index (κ1) is 12.5. The summed E-state index contributed by atoms with van der Waals surface area (Å²) in [6.07, 6.45) is 5.47. The van der Waals surface area contributed by atoms with Gasteiger partial charge in [0.25, 0.3) is 0 Å². The van der Waals surface area contributed by atoms with Crippen molar-refractivity contribution in [1.29, 1.82) is 0 Å². The number of hydrogen-bond donors (Lipinski definition) is 1. The van der Waals surface area contributed by atoms with Gasteiger partial charge in [0.15, 0.2) is 0 Å². The summed E-state index contributed by atoms with van der Waals surface area (Å²) < 4.78 is 13.1. The molecule has 1 aromatic rings. The second kappa shape index (κ2) is 5.16. The molecule has 5 nitrogen and oxygen atoms in total. The molecule has 1 aromatic heterocycles. The summed E-state index contributed by atoms with van der Waals surface area (Å²) in [5.41, 5.74) is 7.11. The standard InChI is InChI=1S/C12H21N3O2/c1-3-17-12(4-6-16-7-5-12)11(13)10-8-14-15(2)9-10/h8-9,11H,3-7,13H2,1-2H3. The molecule has 1 unspecified atom stereocenters. The summed E-state index contributed by atoms with van der Waals surface area (Å²) in [5.74, 6) is 0. The van der Waals surface area contributed by atoms with Gasteiger partial charge in [-0.15, -0.1) is 0 Å². The Balaban J connectivity index is 2.20. The van der Waals surface area contributed by atoms with Crippen LogP contribution >= 0.6 is 0 Å². The van der Waals surface area contributed by atoms with Crippen LogP contribution in [0.5, 0.6) is 0 Å². The fraction of sp³-hybridized carbons (Fsp3) is 0.750. The van der Waals surface area contributed by atoms with E-state index >= 15 is 0 Å². The SMILES string of the molecule is CCOC1(C(N)c2cnn(C)c2)CCOCC1. The van der Waals surface area contributed by atoms with E-state index < -0.39 is 0 Å². The molecule has 1 aliphatic rings. The van der Waals surface area contributed by atoms with Crippen LogP contribution < -0.4 is 5.73 Å². The molecular formula is C12H21N3O2. The molecule has 0 spiro atoms. The highest BCUT2D eigenvalue weighted by Gasteiger charge is 2.40. The normalized spacial score (nSPS) is 21.4. The zero-order valence-electron chi connectivity index (χ0n) is 10.6. The number of ether oxygens (including phenoxy) is 2. The van der Waals surface area contributed by atoms with Crippen molar-refractivity contribution in [2.75, 3.05) is 19.8 Å². The molecule has 2 rings (SSSR count). The molecule has 0 aromatic carbocycles. The molecule has 1 fully saturated rings. The van der Waals surface area contributed by atoms with Gasteiger partial charge in [-0.2, -0.15) is 5.10 Å². The van der Waals surface area contributed by atoms with Crippen LogP contribution in [0, 0.1) is 0 Å². The minimum Gasteiger partial charge on any atom is -0.381 e. The van der Waals surface area contributed by atoms with E-state index in [0.29, 0.717) is 19.8 Å². The fourth-order valence-corrected chi connectivity index (χ4v) is 2.45. The van der Waals surface area contributed by atoms with Gasteiger partial charge in [-0.25, -0.2) is 0 Å². The lowest BCUT2D eigenvalue weighted by atomic mass is 9.83. The third kappa shape index (κ3) is 2.51. The van der Waals surface area contributed by atoms with Crippen molar-refractivity contribution in [3.8, 4) is 0 Å². The Morgan fingerprint density at radius 1 is 1.59 bits per heavy atom. The Bertz CT molecular complexity index is 353. The lowest BCUT2D eigenvalue weighted by Gasteiger charge is -2.41. The topological polar surface area (TPSA) is 62.3 Å². The Hall–Kier alpha value is -0.910. The van der Waals surface area contributed by atoms with Crippen molar-refractivity contribution in [2.24, 2.45) is 12.8 Å². The van der Waals surface area contributed by atoms with E-state index in [1.807, 2.05) is 26.4 Å². The predicted octanol–water partition coefficient (Wildman–Crippen LogP) is 1.01. The first-order chi connectivity index (χ1) is 8.18. The summed E-state index contributed by atoms with van der Waals surface area (Å²) in [4.78, 5) is 0. The fourth-order valence-electron chi connectivity index (χ4n) is 2.45. The van der Waals surface area contributed by atoms with Gasteiger partial charge < -0.3 is 15.2 Å². The number of aromatic nitrogens is 2. The van der Waals surface area contributed by atoms with Gasteiger partial charge in [-0.1, -0.05) is 0 Å². The first-order valence-corrected chi connectivity index (χ1v) is 6.14. The van der Waals surface area contributed by atoms with Crippen LogP contribution in [-0.2, 0) is 16.5 Å². The molecular weight excluding hydrogens is 218 g/mol. The third-order valence-electron chi connectivity index (χ3n) is 3.42. The van der Waals surface area contributed by atoms with E-state index in [1.165, 1.54) is 0 Å². The van der Waals surface area contributed by atoms with Crippen molar-refractivity contribution >= 4 is 0 Å². The second-order valence-electron chi connectivity index (χ2n) is 4.54. The average molecular weight is 239 g/mol. The molecule has 0 bridgehead atoms. The molecule has 1 aliphatic heterocycles. The van der Waals surface area contributed by atoms with Crippen molar-refractivity contribution in [1.82, 2.24) is 9.78 Å². The van der Waals surface area contributed by atoms with Crippen LogP contribution in [0.15, 0.2) is 12.4 Å². The zero-order valence-corrected chi connectivity index (χ0v) is 10.6. The van der Waals surface area contributed by atoms with Gasteiger partial charge in [0, 0.05) is 51.5 Å². The van der Waals surface area contributed by atoms with E-state index in [0.717, 1.165) is 18.4 Å². The molecule has 5 heteroatoms. The van der Waals surface area contributed by atoms with Crippen LogP contribution in [-0.4, -0.2) is 35.2 Å². The average Bonchev–Trinajstić information content (AvgIpc) is 2.76. The van der Waals surface area contributed by atoms with Crippen molar-refractivity contribution in [3.05, 3.63) is 18.0 Å². The quantitative estimate of drug-likeness (QED) is 0.851. The molecule has 1 atom stereocenters. The lowest BCUT2D eigenvalue weighted by Crippen LogP contribution is -2.48. The van der Waals surface area contributed by atoms with Gasteiger partial charge in [0.1, 0.15) is 0 Å². The van der Waals surface area contributed by atoms with Gasteiger partial charge in [0.2, 0.25) is 0 Å². The molecule has 2 heterocycles. The van der Waals surface area contributed by atoms with Gasteiger partial charge in [-0.3, -0.25) is 4.68 Å². The van der Waals surface area contributed by atoms with E-state index in [-0.39, 0.29) is 11.6 Å². The highest BCUT2D eigenvalue weighted by atomic mass is 16.5. The van der Waals surface area contributed by atoms with Gasteiger partial charge in [-0.05, 0) is 6.92 Å².